The van der Waals surface area contributed by atoms with E-state index >= 15 is 0 Å². The minimum Gasteiger partial charge on any atom is -0.379 e. The van der Waals surface area contributed by atoms with E-state index in [1.165, 1.54) is 0 Å². The fraction of sp³-hybridized carbons (Fsp3) is 0.538. The molecule has 0 bridgehead atoms. The van der Waals surface area contributed by atoms with E-state index in [1.807, 2.05) is 25.2 Å². The number of hydrogen-bond donors (Lipinski definition) is 1. The zero-order valence-electron chi connectivity index (χ0n) is 10.7. The Labute approximate surface area is 113 Å². The predicted octanol–water partition coefficient (Wildman–Crippen LogP) is 4.07. The zero-order chi connectivity index (χ0) is 13.1. The summed E-state index contributed by atoms with van der Waals surface area (Å²) >= 11 is 11.9. The second-order valence-electron chi connectivity index (χ2n) is 4.68. The summed E-state index contributed by atoms with van der Waals surface area (Å²) < 4.78 is 5.45. The Kier molecular flexibility index (Phi) is 5.26. The van der Waals surface area contributed by atoms with Gasteiger partial charge in [0.25, 0.3) is 0 Å². The summed E-state index contributed by atoms with van der Waals surface area (Å²) in [6.07, 6.45) is 0.859. The molecule has 0 heterocycles. The first-order chi connectivity index (χ1) is 7.89. The lowest BCUT2D eigenvalue weighted by molar-refractivity contribution is 0.00744. The van der Waals surface area contributed by atoms with E-state index in [4.69, 9.17) is 27.9 Å². The average Bonchev–Trinajstić information content (AvgIpc) is 2.30. The number of hydrogen-bond acceptors (Lipinski definition) is 2. The number of methoxy groups -OCH3 is 1. The third-order valence-corrected chi connectivity index (χ3v) is 3.68. The second-order valence-corrected chi connectivity index (χ2v) is 5.50. The number of rotatable bonds is 5. The van der Waals surface area contributed by atoms with Crippen molar-refractivity contribution in [3.05, 3.63) is 33.8 Å². The lowest BCUT2D eigenvalue weighted by Crippen LogP contribution is -2.30. The molecule has 0 radical (unpaired) electrons. The first-order valence-corrected chi connectivity index (χ1v) is 6.32. The molecule has 0 aliphatic carbocycles. The minimum absolute atomic E-state index is 0.181. The van der Waals surface area contributed by atoms with Crippen molar-refractivity contribution in [1.82, 2.24) is 5.32 Å². The van der Waals surface area contributed by atoms with Crippen LogP contribution < -0.4 is 5.32 Å². The maximum absolute atomic E-state index is 6.03. The highest BCUT2D eigenvalue weighted by molar-refractivity contribution is 6.42. The van der Waals surface area contributed by atoms with Crippen LogP contribution in [0.4, 0.5) is 0 Å². The number of nitrogens with one attached hydrogen (secondary N) is 1. The van der Waals surface area contributed by atoms with Crippen LogP contribution in [0.25, 0.3) is 0 Å². The van der Waals surface area contributed by atoms with Gasteiger partial charge >= 0.3 is 0 Å². The Hall–Kier alpha value is -0.280. The number of ether oxygens (including phenoxy) is 1. The van der Waals surface area contributed by atoms with Gasteiger partial charge in [0.2, 0.25) is 0 Å². The smallest absolute Gasteiger partial charge is 0.0640 e. The molecule has 0 spiro atoms. The highest BCUT2D eigenvalue weighted by Crippen LogP contribution is 2.30. The molecule has 1 rings (SSSR count). The van der Waals surface area contributed by atoms with Gasteiger partial charge in [-0.15, -0.1) is 0 Å². The maximum atomic E-state index is 6.03. The van der Waals surface area contributed by atoms with E-state index in [0.29, 0.717) is 10.0 Å². The predicted molar refractivity (Wildman–Crippen MR) is 74.0 cm³/mol. The molecule has 1 unspecified atom stereocenters. The molecule has 0 saturated carbocycles. The molecule has 96 valence electrons. The third-order valence-electron chi connectivity index (χ3n) is 2.94. The molecule has 4 heteroatoms. The highest BCUT2D eigenvalue weighted by Gasteiger charge is 2.23. The quantitative estimate of drug-likeness (QED) is 0.875. The third kappa shape index (κ3) is 4.14. The molecule has 1 aromatic rings. The van der Waals surface area contributed by atoms with Crippen LogP contribution in [-0.2, 0) is 4.74 Å². The van der Waals surface area contributed by atoms with Crippen LogP contribution in [-0.4, -0.2) is 19.8 Å². The van der Waals surface area contributed by atoms with Crippen LogP contribution in [0.5, 0.6) is 0 Å². The Bertz CT molecular complexity index is 380. The second kappa shape index (κ2) is 6.05. The van der Waals surface area contributed by atoms with Gasteiger partial charge in [0.1, 0.15) is 0 Å². The van der Waals surface area contributed by atoms with Gasteiger partial charge in [-0.1, -0.05) is 29.3 Å². The molecular weight excluding hydrogens is 257 g/mol. The molecule has 1 atom stereocenters. The van der Waals surface area contributed by atoms with Crippen molar-refractivity contribution in [3.63, 3.8) is 0 Å². The van der Waals surface area contributed by atoms with Gasteiger partial charge in [-0.05, 0) is 45.0 Å². The van der Waals surface area contributed by atoms with Crippen molar-refractivity contribution >= 4 is 23.2 Å². The summed E-state index contributed by atoms with van der Waals surface area (Å²) in [4.78, 5) is 0. The maximum Gasteiger partial charge on any atom is 0.0640 e. The lowest BCUT2D eigenvalue weighted by atomic mass is 9.94. The van der Waals surface area contributed by atoms with Crippen LogP contribution in [0.2, 0.25) is 10.0 Å². The normalized spacial score (nSPS) is 13.8. The van der Waals surface area contributed by atoms with Gasteiger partial charge in [0.05, 0.1) is 15.6 Å². The SMILES string of the molecule is CNC(CC(C)(C)OC)c1ccc(Cl)c(Cl)c1. The molecule has 17 heavy (non-hydrogen) atoms. The standard InChI is InChI=1S/C13H19Cl2NO/c1-13(2,17-4)8-12(16-3)9-5-6-10(14)11(15)7-9/h5-7,12,16H,8H2,1-4H3. The van der Waals surface area contributed by atoms with Gasteiger partial charge in [-0.3, -0.25) is 0 Å². The van der Waals surface area contributed by atoms with Crippen molar-refractivity contribution in [2.24, 2.45) is 0 Å². The van der Waals surface area contributed by atoms with Gasteiger partial charge in [0, 0.05) is 13.2 Å². The Morgan fingerprint density at radius 1 is 1.29 bits per heavy atom. The molecule has 0 aromatic heterocycles. The van der Waals surface area contributed by atoms with Gasteiger partial charge in [0.15, 0.2) is 0 Å². The Morgan fingerprint density at radius 3 is 2.41 bits per heavy atom. The van der Waals surface area contributed by atoms with Crippen LogP contribution >= 0.6 is 23.2 Å². The highest BCUT2D eigenvalue weighted by atomic mass is 35.5. The largest absolute Gasteiger partial charge is 0.379 e. The molecular formula is C13H19Cl2NO. The van der Waals surface area contributed by atoms with E-state index in [0.717, 1.165) is 12.0 Å². The molecule has 1 aromatic carbocycles. The summed E-state index contributed by atoms with van der Waals surface area (Å²) in [5, 5.41) is 4.44. The average molecular weight is 276 g/mol. The first-order valence-electron chi connectivity index (χ1n) is 5.57. The first kappa shape index (κ1) is 14.8. The molecule has 0 aliphatic heterocycles. The topological polar surface area (TPSA) is 21.3 Å². The van der Waals surface area contributed by atoms with Gasteiger partial charge < -0.3 is 10.1 Å². The van der Waals surface area contributed by atoms with Crippen LogP contribution in [0, 0.1) is 0 Å². The summed E-state index contributed by atoms with van der Waals surface area (Å²) in [7, 11) is 3.65. The molecule has 0 aliphatic rings. The van der Waals surface area contributed by atoms with Crippen LogP contribution in [0.3, 0.4) is 0 Å². The number of halogens is 2. The van der Waals surface area contributed by atoms with E-state index in [9.17, 15) is 0 Å². The minimum atomic E-state index is -0.181. The van der Waals surface area contributed by atoms with E-state index in [-0.39, 0.29) is 11.6 Å². The molecule has 0 saturated heterocycles. The van der Waals surface area contributed by atoms with Crippen molar-refractivity contribution in [3.8, 4) is 0 Å². The summed E-state index contributed by atoms with van der Waals surface area (Å²) in [6.45, 7) is 4.13. The van der Waals surface area contributed by atoms with Crippen molar-refractivity contribution < 1.29 is 4.74 Å². The van der Waals surface area contributed by atoms with Crippen LogP contribution in [0.1, 0.15) is 31.9 Å². The fourth-order valence-corrected chi connectivity index (χ4v) is 2.00. The summed E-state index contributed by atoms with van der Waals surface area (Å²) in [5.41, 5.74) is 0.937. The Morgan fingerprint density at radius 2 is 1.94 bits per heavy atom. The zero-order valence-corrected chi connectivity index (χ0v) is 12.2. The van der Waals surface area contributed by atoms with Gasteiger partial charge in [-0.25, -0.2) is 0 Å². The lowest BCUT2D eigenvalue weighted by Gasteiger charge is -2.28. The summed E-state index contributed by atoms with van der Waals surface area (Å²) in [6, 6.07) is 5.90. The van der Waals surface area contributed by atoms with E-state index in [1.54, 1.807) is 7.11 Å². The monoisotopic (exact) mass is 275 g/mol. The van der Waals surface area contributed by atoms with Crippen molar-refractivity contribution in [2.75, 3.05) is 14.2 Å². The molecule has 1 N–H and O–H groups in total. The molecule has 0 amide bonds. The fourth-order valence-electron chi connectivity index (χ4n) is 1.69. The van der Waals surface area contributed by atoms with E-state index < -0.39 is 0 Å². The van der Waals surface area contributed by atoms with Crippen LogP contribution in [0.15, 0.2) is 18.2 Å². The molecule has 0 fully saturated rings. The Balaban J connectivity index is 2.90. The molecule has 2 nitrogen and oxygen atoms in total. The van der Waals surface area contributed by atoms with Gasteiger partial charge in [-0.2, -0.15) is 0 Å². The summed E-state index contributed by atoms with van der Waals surface area (Å²) in [5.74, 6) is 0. The number of benzene rings is 1. The van der Waals surface area contributed by atoms with Crippen molar-refractivity contribution in [1.29, 1.82) is 0 Å². The van der Waals surface area contributed by atoms with Crippen molar-refractivity contribution in [2.45, 2.75) is 31.9 Å². The van der Waals surface area contributed by atoms with E-state index in [2.05, 4.69) is 19.2 Å².